The zero-order valence-corrected chi connectivity index (χ0v) is 8.30. The van der Waals surface area contributed by atoms with Gasteiger partial charge in [0.05, 0.1) is 0 Å². The molecule has 0 amide bonds. The van der Waals surface area contributed by atoms with Gasteiger partial charge in [0, 0.05) is 5.02 Å². The Balaban J connectivity index is 2.08. The van der Waals surface area contributed by atoms with E-state index in [-0.39, 0.29) is 0 Å². The molecule has 0 aliphatic carbocycles. The van der Waals surface area contributed by atoms with Gasteiger partial charge in [0.1, 0.15) is 1.41 Å². The van der Waals surface area contributed by atoms with E-state index in [1.54, 1.807) is 5.31 Å². The second kappa shape index (κ2) is 4.12. The van der Waals surface area contributed by atoms with Gasteiger partial charge in [0.15, 0.2) is 0 Å². The average molecular weight is 197 g/mol. The number of benzene rings is 1. The molecule has 1 aromatic carbocycles. The number of hydrogen-bond donors (Lipinski definition) is 1. The Kier molecular flexibility index (Phi) is 2.48. The van der Waals surface area contributed by atoms with E-state index in [2.05, 4.69) is 6.07 Å². The molecule has 1 fully saturated rings. The zero-order valence-electron chi connectivity index (χ0n) is 8.54. The van der Waals surface area contributed by atoms with Crippen LogP contribution < -0.4 is 5.31 Å². The Morgan fingerprint density at radius 2 is 2.15 bits per heavy atom. The number of piperidine rings is 1. The van der Waals surface area contributed by atoms with Gasteiger partial charge in [-0.2, -0.15) is 0 Å². The molecule has 1 N–H and O–H groups in total. The van der Waals surface area contributed by atoms with Gasteiger partial charge in [0.25, 0.3) is 0 Å². The van der Waals surface area contributed by atoms with E-state index in [0.717, 1.165) is 31.0 Å². The first-order valence-electron chi connectivity index (χ1n) is 5.20. The predicted molar refractivity (Wildman–Crippen MR) is 56.3 cm³/mol. The van der Waals surface area contributed by atoms with Crippen molar-refractivity contribution in [3.05, 3.63) is 34.9 Å². The van der Waals surface area contributed by atoms with E-state index in [4.69, 9.17) is 13.0 Å². The van der Waals surface area contributed by atoms with Crippen molar-refractivity contribution in [2.24, 2.45) is 0 Å². The van der Waals surface area contributed by atoms with Crippen LogP contribution in [0, 0.1) is 0 Å². The molecule has 1 heterocycles. The molecule has 1 nitrogen and oxygen atoms in total. The molecule has 0 aromatic heterocycles. The Morgan fingerprint density at radius 3 is 2.85 bits per heavy atom. The Labute approximate surface area is 85.6 Å². The molecule has 13 heavy (non-hydrogen) atoms. The smallest absolute Gasteiger partial charge is 0.122 e. The summed E-state index contributed by atoms with van der Waals surface area (Å²) in [4.78, 5) is 0. The summed E-state index contributed by atoms with van der Waals surface area (Å²) in [6, 6.07) is 8.09. The third kappa shape index (κ3) is 2.23. The fraction of sp³-hybridized carbons (Fsp3) is 0.455. The summed E-state index contributed by atoms with van der Waals surface area (Å²) >= 11 is 5.95. The van der Waals surface area contributed by atoms with E-state index in [0.29, 0.717) is 5.92 Å². The summed E-state index contributed by atoms with van der Waals surface area (Å²) in [7, 11) is 0. The quantitative estimate of drug-likeness (QED) is 0.729. The first kappa shape index (κ1) is 7.84. The van der Waals surface area contributed by atoms with Crippen LogP contribution in [0.2, 0.25) is 6.43 Å². The monoisotopic (exact) mass is 196 g/mol. The number of rotatable bonds is 1. The average Bonchev–Trinajstić information content (AvgIpc) is 2.19. The van der Waals surface area contributed by atoms with Crippen LogP contribution in [-0.2, 0) is 0 Å². The van der Waals surface area contributed by atoms with Crippen LogP contribution in [0.25, 0.3) is 0 Å². The highest BCUT2D eigenvalue weighted by atomic mass is 35.5. The van der Waals surface area contributed by atoms with Crippen LogP contribution in [0.1, 0.15) is 24.3 Å². The second-order valence-corrected chi connectivity index (χ2v) is 3.94. The van der Waals surface area contributed by atoms with E-state index >= 15 is 0 Å². The Hall–Kier alpha value is -0.530. The topological polar surface area (TPSA) is 12.0 Å². The third-order valence-electron chi connectivity index (χ3n) is 2.59. The fourth-order valence-corrected chi connectivity index (χ4v) is 2.04. The van der Waals surface area contributed by atoms with Gasteiger partial charge in [0.2, 0.25) is 0 Å². The molecule has 1 saturated heterocycles. The first-order valence-corrected chi connectivity index (χ1v) is 5.13. The lowest BCUT2D eigenvalue weighted by molar-refractivity contribution is 0.460. The standard InChI is InChI=1S/C11H14ClN/c12-11-3-1-2-10(8-11)9-4-6-13-7-5-9/h1-3,8-9,13H,4-7H2/i/hD. The van der Waals surface area contributed by atoms with E-state index < -0.39 is 0 Å². The van der Waals surface area contributed by atoms with Crippen LogP contribution in [0.3, 0.4) is 0 Å². The minimum atomic E-state index is 0.593. The Morgan fingerprint density at radius 1 is 1.38 bits per heavy atom. The van der Waals surface area contributed by atoms with Gasteiger partial charge in [-0.3, -0.25) is 0 Å². The largest absolute Gasteiger partial charge is 0.317 e. The van der Waals surface area contributed by atoms with Gasteiger partial charge < -0.3 is 5.31 Å². The zero-order chi connectivity index (χ0) is 9.97. The summed E-state index contributed by atoms with van der Waals surface area (Å²) in [5.74, 6) is 0.593. The lowest BCUT2D eigenvalue weighted by Crippen LogP contribution is -2.26. The van der Waals surface area contributed by atoms with Gasteiger partial charge in [-0.25, -0.2) is 0 Å². The van der Waals surface area contributed by atoms with Crippen LogP contribution in [0.15, 0.2) is 24.3 Å². The van der Waals surface area contributed by atoms with Crippen LogP contribution >= 0.6 is 11.6 Å². The van der Waals surface area contributed by atoms with Gasteiger partial charge in [-0.05, 0) is 49.5 Å². The summed E-state index contributed by atoms with van der Waals surface area (Å²) in [5, 5.41) is 2.46. The van der Waals surface area contributed by atoms with Crippen molar-refractivity contribution in [3.63, 3.8) is 0 Å². The lowest BCUT2D eigenvalue weighted by Gasteiger charge is -2.22. The van der Waals surface area contributed by atoms with Crippen molar-refractivity contribution in [2.75, 3.05) is 13.1 Å². The molecule has 0 saturated carbocycles. The highest BCUT2D eigenvalue weighted by Gasteiger charge is 2.14. The summed E-state index contributed by atoms with van der Waals surface area (Å²) in [6.07, 6.45) is 2.15. The lowest BCUT2D eigenvalue weighted by atomic mass is 9.90. The molecular weight excluding hydrogens is 182 g/mol. The molecular formula is C11H14ClN. The molecule has 0 atom stereocenters. The number of nitrogens with one attached hydrogen (secondary N) is 1. The molecule has 2 rings (SSSR count). The predicted octanol–water partition coefficient (Wildman–Crippen LogP) is 2.81. The van der Waals surface area contributed by atoms with E-state index in [1.165, 1.54) is 5.56 Å². The fourth-order valence-electron chi connectivity index (χ4n) is 1.84. The molecule has 1 aliphatic rings. The van der Waals surface area contributed by atoms with Crippen LogP contribution in [0.5, 0.6) is 0 Å². The van der Waals surface area contributed by atoms with Gasteiger partial charge in [-0.1, -0.05) is 23.7 Å². The first-order chi connectivity index (χ1) is 6.75. The maximum Gasteiger partial charge on any atom is 0.122 e. The highest BCUT2D eigenvalue weighted by molar-refractivity contribution is 6.30. The maximum absolute atomic E-state index is 7.47. The molecule has 0 radical (unpaired) electrons. The van der Waals surface area contributed by atoms with E-state index in [1.807, 2.05) is 18.2 Å². The molecule has 0 bridgehead atoms. The minimum Gasteiger partial charge on any atom is -0.317 e. The van der Waals surface area contributed by atoms with Crippen molar-refractivity contribution < 1.29 is 1.41 Å². The Bertz CT molecular complexity index is 308. The van der Waals surface area contributed by atoms with Crippen molar-refractivity contribution >= 4 is 11.6 Å². The number of halogens is 1. The highest BCUT2D eigenvalue weighted by Crippen LogP contribution is 2.26. The van der Waals surface area contributed by atoms with Crippen molar-refractivity contribution in [3.8, 4) is 0 Å². The van der Waals surface area contributed by atoms with E-state index in [9.17, 15) is 0 Å². The third-order valence-corrected chi connectivity index (χ3v) is 2.83. The van der Waals surface area contributed by atoms with Crippen molar-refractivity contribution in [1.29, 1.82) is 0 Å². The summed E-state index contributed by atoms with van der Waals surface area (Å²) < 4.78 is 7.47. The minimum absolute atomic E-state index is 0.593. The molecule has 2 heteroatoms. The van der Waals surface area contributed by atoms with Crippen molar-refractivity contribution in [2.45, 2.75) is 18.8 Å². The number of hydrogen-bond acceptors (Lipinski definition) is 1. The van der Waals surface area contributed by atoms with Gasteiger partial charge >= 0.3 is 0 Å². The maximum atomic E-state index is 7.47. The molecule has 70 valence electrons. The molecule has 0 unspecified atom stereocenters. The van der Waals surface area contributed by atoms with Crippen molar-refractivity contribution in [1.82, 2.24) is 5.31 Å². The molecule has 0 spiro atoms. The second-order valence-electron chi connectivity index (χ2n) is 3.50. The van der Waals surface area contributed by atoms with Crippen LogP contribution in [0.4, 0.5) is 0 Å². The molecule has 1 aliphatic heterocycles. The van der Waals surface area contributed by atoms with Gasteiger partial charge in [-0.15, -0.1) is 0 Å². The normalized spacial score (nSPS) is 21.5. The SMILES string of the molecule is [2H]N1CCC(c2cccc(Cl)c2)CC1. The molecule has 1 aromatic rings. The summed E-state index contributed by atoms with van der Waals surface area (Å²) in [5.41, 5.74) is 1.32. The summed E-state index contributed by atoms with van der Waals surface area (Å²) in [6.45, 7) is 1.74. The van der Waals surface area contributed by atoms with Crippen LogP contribution in [-0.4, -0.2) is 13.1 Å².